The van der Waals surface area contributed by atoms with Gasteiger partial charge < -0.3 is 10.1 Å². The minimum atomic E-state index is -3.52. The Labute approximate surface area is 171 Å². The van der Waals surface area contributed by atoms with E-state index in [1.165, 1.54) is 4.31 Å². The fraction of sp³-hybridized carbons (Fsp3) is 0.632. The van der Waals surface area contributed by atoms with Gasteiger partial charge in [0.25, 0.3) is 0 Å². The van der Waals surface area contributed by atoms with Gasteiger partial charge in [-0.3, -0.25) is 10.1 Å². The second kappa shape index (κ2) is 8.61. The van der Waals surface area contributed by atoms with Crippen molar-refractivity contribution in [2.24, 2.45) is 0 Å². The number of piperidine rings is 1. The third kappa shape index (κ3) is 4.48. The molecule has 0 aliphatic carbocycles. The van der Waals surface area contributed by atoms with Gasteiger partial charge in [-0.25, -0.2) is 8.42 Å². The Hall–Kier alpha value is -1.29. The molecule has 2 saturated heterocycles. The van der Waals surface area contributed by atoms with Crippen LogP contribution in [0.4, 0.5) is 0 Å². The molecule has 3 rings (SSSR count). The third-order valence-corrected chi connectivity index (χ3v) is 9.00. The number of carbonyl (C=O) groups is 1. The lowest BCUT2D eigenvalue weighted by atomic mass is 10.0. The van der Waals surface area contributed by atoms with Crippen molar-refractivity contribution >= 4 is 27.7 Å². The first kappa shape index (κ1) is 21.4. The van der Waals surface area contributed by atoms with E-state index in [-0.39, 0.29) is 27.8 Å². The number of amides is 1. The smallest absolute Gasteiger partial charge is 0.243 e. The van der Waals surface area contributed by atoms with Crippen LogP contribution >= 0.6 is 11.8 Å². The lowest BCUT2D eigenvalue weighted by Crippen LogP contribution is -2.55. The zero-order valence-corrected chi connectivity index (χ0v) is 18.2. The van der Waals surface area contributed by atoms with E-state index in [9.17, 15) is 13.2 Å². The van der Waals surface area contributed by atoms with Crippen molar-refractivity contribution in [3.8, 4) is 5.75 Å². The quantitative estimate of drug-likeness (QED) is 0.720. The highest BCUT2D eigenvalue weighted by Crippen LogP contribution is 2.40. The van der Waals surface area contributed by atoms with E-state index in [0.29, 0.717) is 37.4 Å². The van der Waals surface area contributed by atoms with Gasteiger partial charge in [0.05, 0.1) is 22.9 Å². The number of sulfonamides is 1. The van der Waals surface area contributed by atoms with Gasteiger partial charge in [-0.15, -0.1) is 11.8 Å². The molecule has 2 atom stereocenters. The Morgan fingerprint density at radius 3 is 2.57 bits per heavy atom. The highest BCUT2D eigenvalue weighted by molar-refractivity contribution is 8.01. The Kier molecular flexibility index (Phi) is 6.58. The predicted molar refractivity (Wildman–Crippen MR) is 111 cm³/mol. The molecule has 1 spiro atoms. The minimum Gasteiger partial charge on any atom is -0.497 e. The van der Waals surface area contributed by atoms with Gasteiger partial charge >= 0.3 is 0 Å². The monoisotopic (exact) mass is 427 g/mol. The molecule has 2 aliphatic heterocycles. The van der Waals surface area contributed by atoms with Crippen LogP contribution in [0.3, 0.4) is 0 Å². The average Bonchev–Trinajstić information content (AvgIpc) is 3.12. The highest BCUT2D eigenvalue weighted by atomic mass is 32.2. The topological polar surface area (TPSA) is 87.7 Å². The van der Waals surface area contributed by atoms with E-state index < -0.39 is 10.0 Å². The maximum absolute atomic E-state index is 12.9. The maximum atomic E-state index is 12.9. The van der Waals surface area contributed by atoms with Crippen LogP contribution in [-0.4, -0.2) is 61.5 Å². The van der Waals surface area contributed by atoms with Crippen molar-refractivity contribution in [2.45, 2.75) is 55.0 Å². The minimum absolute atomic E-state index is 0.0343. The Bertz CT molecular complexity index is 790. The van der Waals surface area contributed by atoms with Crippen LogP contribution in [0.1, 0.15) is 33.1 Å². The summed E-state index contributed by atoms with van der Waals surface area (Å²) in [5.41, 5.74) is 0. The lowest BCUT2D eigenvalue weighted by molar-refractivity contribution is -0.123. The van der Waals surface area contributed by atoms with Gasteiger partial charge in [0.2, 0.25) is 15.9 Å². The summed E-state index contributed by atoms with van der Waals surface area (Å²) in [6.45, 7) is 4.92. The Morgan fingerprint density at radius 2 is 2.00 bits per heavy atom. The van der Waals surface area contributed by atoms with Crippen LogP contribution in [0.2, 0.25) is 0 Å². The largest absolute Gasteiger partial charge is 0.497 e. The summed E-state index contributed by atoms with van der Waals surface area (Å²) in [4.78, 5) is 12.5. The molecule has 2 aliphatic rings. The molecule has 9 heteroatoms. The van der Waals surface area contributed by atoms with Gasteiger partial charge in [-0.1, -0.05) is 6.92 Å². The number of rotatable bonds is 6. The Morgan fingerprint density at radius 1 is 1.36 bits per heavy atom. The molecular formula is C19H29N3O4S2. The fourth-order valence-corrected chi connectivity index (χ4v) is 6.36. The molecule has 2 N–H and O–H groups in total. The number of nitrogens with zero attached hydrogens (tertiary/aromatic N) is 1. The Balaban J connectivity index is 1.60. The number of carbonyl (C=O) groups excluding carboxylic acids is 1. The fourth-order valence-electron chi connectivity index (χ4n) is 3.50. The van der Waals surface area contributed by atoms with Gasteiger partial charge in [-0.05, 0) is 50.5 Å². The molecule has 0 radical (unpaired) electrons. The first-order valence-corrected chi connectivity index (χ1v) is 12.1. The van der Waals surface area contributed by atoms with Gasteiger partial charge in [-0.2, -0.15) is 4.31 Å². The predicted octanol–water partition coefficient (Wildman–Crippen LogP) is 1.80. The van der Waals surface area contributed by atoms with Crippen LogP contribution in [-0.2, 0) is 14.8 Å². The molecule has 28 heavy (non-hydrogen) atoms. The third-order valence-electron chi connectivity index (χ3n) is 5.51. The number of thioether (sulfide) groups is 1. The molecule has 2 fully saturated rings. The zero-order chi connectivity index (χ0) is 20.4. The zero-order valence-electron chi connectivity index (χ0n) is 16.6. The SMILES string of the molecule is CCC(C)NC(=O)C1CSC2(CCN(S(=O)(=O)c3ccc(OC)cc3)CC2)N1. The van der Waals surface area contributed by atoms with Crippen molar-refractivity contribution < 1.29 is 17.9 Å². The summed E-state index contributed by atoms with van der Waals surface area (Å²) in [6, 6.07) is 6.42. The van der Waals surface area contributed by atoms with E-state index in [2.05, 4.69) is 10.6 Å². The van der Waals surface area contributed by atoms with E-state index in [1.807, 2.05) is 13.8 Å². The molecule has 0 saturated carbocycles. The van der Waals surface area contributed by atoms with E-state index >= 15 is 0 Å². The number of benzene rings is 1. The van der Waals surface area contributed by atoms with E-state index in [0.717, 1.165) is 6.42 Å². The van der Waals surface area contributed by atoms with Crippen molar-refractivity contribution in [1.82, 2.24) is 14.9 Å². The standard InChI is InChI=1S/C19H29N3O4S2/c1-4-14(2)20-18(23)17-13-27-19(21-17)9-11-22(12-10-19)28(24,25)16-7-5-15(26-3)6-8-16/h5-8,14,17,21H,4,9-13H2,1-3H3,(H,20,23). The summed E-state index contributed by atoms with van der Waals surface area (Å²) >= 11 is 1.74. The van der Waals surface area contributed by atoms with E-state index in [4.69, 9.17) is 4.74 Å². The molecule has 1 aromatic rings. The summed E-state index contributed by atoms with van der Waals surface area (Å²) in [5, 5.41) is 6.50. The van der Waals surface area contributed by atoms with E-state index in [1.54, 1.807) is 43.1 Å². The summed E-state index contributed by atoms with van der Waals surface area (Å²) < 4.78 is 32.5. The number of ether oxygens (including phenoxy) is 1. The molecule has 7 nitrogen and oxygen atoms in total. The van der Waals surface area contributed by atoms with Crippen LogP contribution in [0.5, 0.6) is 5.75 Å². The van der Waals surface area contributed by atoms with Crippen molar-refractivity contribution in [1.29, 1.82) is 0 Å². The van der Waals surface area contributed by atoms with Crippen LogP contribution < -0.4 is 15.4 Å². The van der Waals surface area contributed by atoms with Crippen molar-refractivity contribution in [2.75, 3.05) is 26.0 Å². The second-order valence-corrected chi connectivity index (χ2v) is 10.7. The molecule has 0 bridgehead atoms. The van der Waals surface area contributed by atoms with Gasteiger partial charge in [0, 0.05) is 24.9 Å². The normalized spacial score (nSPS) is 23.5. The average molecular weight is 428 g/mol. The molecule has 2 unspecified atom stereocenters. The van der Waals surface area contributed by atoms with Crippen LogP contribution in [0.15, 0.2) is 29.2 Å². The molecular weight excluding hydrogens is 398 g/mol. The van der Waals surface area contributed by atoms with Gasteiger partial charge in [0.15, 0.2) is 0 Å². The highest BCUT2D eigenvalue weighted by Gasteiger charge is 2.45. The number of nitrogens with one attached hydrogen (secondary N) is 2. The number of hydrogen-bond donors (Lipinski definition) is 2. The van der Waals surface area contributed by atoms with Crippen LogP contribution in [0.25, 0.3) is 0 Å². The van der Waals surface area contributed by atoms with Crippen LogP contribution in [0, 0.1) is 0 Å². The number of methoxy groups -OCH3 is 1. The van der Waals surface area contributed by atoms with Gasteiger partial charge in [0.1, 0.15) is 5.75 Å². The molecule has 2 heterocycles. The molecule has 0 aromatic heterocycles. The lowest BCUT2D eigenvalue weighted by Gasteiger charge is -2.38. The summed E-state index contributed by atoms with van der Waals surface area (Å²) in [5.74, 6) is 1.38. The maximum Gasteiger partial charge on any atom is 0.243 e. The second-order valence-electron chi connectivity index (χ2n) is 7.40. The number of hydrogen-bond acceptors (Lipinski definition) is 6. The van der Waals surface area contributed by atoms with Crippen molar-refractivity contribution in [3.05, 3.63) is 24.3 Å². The summed E-state index contributed by atoms with van der Waals surface area (Å²) in [6.07, 6.45) is 2.26. The summed E-state index contributed by atoms with van der Waals surface area (Å²) in [7, 11) is -1.97. The molecule has 156 valence electrons. The first-order chi connectivity index (χ1) is 13.3. The molecule has 1 amide bonds. The molecule has 1 aromatic carbocycles. The van der Waals surface area contributed by atoms with Crippen molar-refractivity contribution in [3.63, 3.8) is 0 Å². The first-order valence-electron chi connectivity index (χ1n) is 9.66.